The van der Waals surface area contributed by atoms with Gasteiger partial charge >= 0.3 is 0 Å². The summed E-state index contributed by atoms with van der Waals surface area (Å²) in [6, 6.07) is 3.48. The van der Waals surface area contributed by atoms with Gasteiger partial charge in [-0.2, -0.15) is 0 Å². The maximum absolute atomic E-state index is 7.27. The first kappa shape index (κ1) is 6.77. The molecule has 0 amide bonds. The minimum Gasteiger partial charge on any atom is -0.282 e. The average Bonchev–Trinajstić information content (AvgIpc) is 2.49. The van der Waals surface area contributed by atoms with Crippen LogP contribution in [0, 0.1) is 13.8 Å². The molecule has 0 saturated carbocycles. The first-order chi connectivity index (χ1) is 6.68. The Kier molecular flexibility index (Phi) is 1.55. The van der Waals surface area contributed by atoms with Crippen LogP contribution in [0.2, 0.25) is 0 Å². The Labute approximate surface area is 77.7 Å². The van der Waals surface area contributed by atoms with E-state index in [0.29, 0.717) is 0 Å². The highest BCUT2D eigenvalue weighted by Crippen LogP contribution is 2.09. The van der Waals surface area contributed by atoms with Gasteiger partial charge in [-0.15, -0.1) is 10.2 Å². The van der Waals surface area contributed by atoms with Crippen molar-refractivity contribution in [1.29, 1.82) is 0 Å². The van der Waals surface area contributed by atoms with Crippen molar-refractivity contribution in [2.75, 3.05) is 0 Å². The Bertz CT molecular complexity index is 427. The summed E-state index contributed by atoms with van der Waals surface area (Å²) in [5, 5.41) is 7.91. The van der Waals surface area contributed by atoms with E-state index >= 15 is 0 Å². The highest BCUT2D eigenvalue weighted by molar-refractivity contribution is 5.30. The number of rotatable bonds is 1. The first-order valence-corrected chi connectivity index (χ1v) is 4.00. The Balaban J connectivity index is 2.54. The largest absolute Gasteiger partial charge is 0.282 e. The van der Waals surface area contributed by atoms with Gasteiger partial charge in [-0.05, 0) is 26.0 Å². The predicted octanol–water partition coefficient (Wildman–Crippen LogP) is 1.28. The van der Waals surface area contributed by atoms with Crippen LogP contribution in [0.3, 0.4) is 0 Å². The zero-order valence-electron chi connectivity index (χ0n) is 8.52. The lowest BCUT2D eigenvalue weighted by molar-refractivity contribution is 0.929. The lowest BCUT2D eigenvalue weighted by Crippen LogP contribution is -1.99. The van der Waals surface area contributed by atoms with Gasteiger partial charge in [0, 0.05) is 6.17 Å². The maximum atomic E-state index is 7.27. The van der Waals surface area contributed by atoms with Gasteiger partial charge in [0.2, 0.25) is 0 Å². The third kappa shape index (κ3) is 1.30. The highest BCUT2D eigenvalue weighted by atomic mass is 15.3. The van der Waals surface area contributed by atoms with Gasteiger partial charge in [-0.25, -0.2) is 0 Å². The molecule has 0 unspecified atom stereocenters. The zero-order chi connectivity index (χ0) is 10.1. The van der Waals surface area contributed by atoms with Crippen molar-refractivity contribution < 1.29 is 1.37 Å². The van der Waals surface area contributed by atoms with Gasteiger partial charge in [0.1, 0.15) is 11.6 Å². The number of pyridine rings is 1. The van der Waals surface area contributed by atoms with Crippen LogP contribution in [0.1, 0.15) is 13.0 Å². The summed E-state index contributed by atoms with van der Waals surface area (Å²) >= 11 is 0. The molecule has 0 spiro atoms. The molecule has 0 aliphatic heterocycles. The molecule has 0 bridgehead atoms. The molecular formula is C9H10N4. The van der Waals surface area contributed by atoms with Crippen LogP contribution in [-0.2, 0) is 0 Å². The fourth-order valence-corrected chi connectivity index (χ4v) is 1.29. The molecule has 66 valence electrons. The van der Waals surface area contributed by atoms with E-state index in [1.807, 2.05) is 24.5 Å². The summed E-state index contributed by atoms with van der Waals surface area (Å²) in [5.74, 6) is 1.64. The molecule has 2 heterocycles. The molecule has 0 radical (unpaired) electrons. The smallest absolute Gasteiger partial charge is 0.134 e. The Morgan fingerprint density at radius 3 is 2.54 bits per heavy atom. The van der Waals surface area contributed by atoms with E-state index < -0.39 is 0 Å². The minimum atomic E-state index is 0.261. The molecule has 2 rings (SSSR count). The standard InChI is InChI=1S/C9H10N4/c1-7-11-12-8(2)13(7)9-4-3-5-10-6-9/h3-6H,1-2H3/i5D. The van der Waals surface area contributed by atoms with E-state index in [-0.39, 0.29) is 6.17 Å². The van der Waals surface area contributed by atoms with E-state index in [4.69, 9.17) is 1.37 Å². The maximum Gasteiger partial charge on any atom is 0.134 e. The number of hydrogen-bond donors (Lipinski definition) is 0. The van der Waals surface area contributed by atoms with Crippen LogP contribution in [-0.4, -0.2) is 19.7 Å². The molecule has 0 saturated heterocycles. The summed E-state index contributed by atoms with van der Waals surface area (Å²) in [4.78, 5) is 3.91. The van der Waals surface area contributed by atoms with E-state index in [2.05, 4.69) is 15.2 Å². The van der Waals surface area contributed by atoms with E-state index in [9.17, 15) is 0 Å². The molecule has 0 aliphatic rings. The molecule has 0 fully saturated rings. The number of aromatic nitrogens is 4. The fourth-order valence-electron chi connectivity index (χ4n) is 1.29. The SMILES string of the molecule is [2H]c1ccc(-n2c(C)nnc2C)cn1. The van der Waals surface area contributed by atoms with Crippen LogP contribution in [0.25, 0.3) is 5.69 Å². The minimum absolute atomic E-state index is 0.261. The summed E-state index contributed by atoms with van der Waals surface area (Å²) in [7, 11) is 0. The predicted molar refractivity (Wildman–Crippen MR) is 48.6 cm³/mol. The topological polar surface area (TPSA) is 43.6 Å². The third-order valence-corrected chi connectivity index (χ3v) is 1.84. The molecule has 4 nitrogen and oxygen atoms in total. The van der Waals surface area contributed by atoms with Crippen molar-refractivity contribution >= 4 is 0 Å². The highest BCUT2D eigenvalue weighted by Gasteiger charge is 2.05. The second-order valence-electron chi connectivity index (χ2n) is 2.78. The van der Waals surface area contributed by atoms with Crippen LogP contribution in [0.5, 0.6) is 0 Å². The lowest BCUT2D eigenvalue weighted by Gasteiger charge is -2.03. The second-order valence-corrected chi connectivity index (χ2v) is 2.78. The van der Waals surface area contributed by atoms with E-state index in [0.717, 1.165) is 17.3 Å². The summed E-state index contributed by atoms with van der Waals surface area (Å²) < 4.78 is 9.17. The zero-order valence-corrected chi connectivity index (χ0v) is 7.52. The van der Waals surface area contributed by atoms with Gasteiger partial charge in [0.25, 0.3) is 0 Å². The molecule has 0 aromatic carbocycles. The molecule has 0 N–H and O–H groups in total. The van der Waals surface area contributed by atoms with E-state index in [1.54, 1.807) is 12.3 Å². The number of aryl methyl sites for hydroxylation is 2. The Morgan fingerprint density at radius 1 is 1.31 bits per heavy atom. The van der Waals surface area contributed by atoms with Gasteiger partial charge in [-0.1, -0.05) is 0 Å². The van der Waals surface area contributed by atoms with Gasteiger partial charge in [-0.3, -0.25) is 9.55 Å². The second kappa shape index (κ2) is 2.97. The Hall–Kier alpha value is -1.71. The lowest BCUT2D eigenvalue weighted by atomic mass is 10.4. The van der Waals surface area contributed by atoms with Crippen molar-refractivity contribution in [1.82, 2.24) is 19.7 Å². The molecular weight excluding hydrogens is 164 g/mol. The van der Waals surface area contributed by atoms with Crippen molar-refractivity contribution in [3.63, 3.8) is 0 Å². The number of nitrogens with zero attached hydrogens (tertiary/aromatic N) is 4. The van der Waals surface area contributed by atoms with Gasteiger partial charge < -0.3 is 0 Å². The van der Waals surface area contributed by atoms with Gasteiger partial charge in [0.05, 0.1) is 13.3 Å². The molecule has 2 aromatic rings. The molecule has 2 aromatic heterocycles. The molecule has 13 heavy (non-hydrogen) atoms. The van der Waals surface area contributed by atoms with Crippen LogP contribution < -0.4 is 0 Å². The van der Waals surface area contributed by atoms with Crippen LogP contribution >= 0.6 is 0 Å². The van der Waals surface area contributed by atoms with E-state index in [1.165, 1.54) is 0 Å². The fraction of sp³-hybridized carbons (Fsp3) is 0.222. The summed E-state index contributed by atoms with van der Waals surface area (Å²) in [5.41, 5.74) is 0.890. The Morgan fingerprint density at radius 2 is 2.00 bits per heavy atom. The van der Waals surface area contributed by atoms with Crippen molar-refractivity contribution in [3.05, 3.63) is 36.2 Å². The quantitative estimate of drug-likeness (QED) is 0.655. The van der Waals surface area contributed by atoms with Crippen LogP contribution in [0.4, 0.5) is 0 Å². The molecule has 0 aliphatic carbocycles. The third-order valence-electron chi connectivity index (χ3n) is 1.84. The molecule has 4 heteroatoms. The summed E-state index contributed by atoms with van der Waals surface area (Å²) in [6.07, 6.45) is 1.91. The monoisotopic (exact) mass is 175 g/mol. The summed E-state index contributed by atoms with van der Waals surface area (Å²) in [6.45, 7) is 3.77. The number of hydrogen-bond acceptors (Lipinski definition) is 3. The van der Waals surface area contributed by atoms with Crippen molar-refractivity contribution in [2.45, 2.75) is 13.8 Å². The normalized spacial score (nSPS) is 11.4. The van der Waals surface area contributed by atoms with Crippen molar-refractivity contribution in [3.8, 4) is 5.69 Å². The average molecular weight is 175 g/mol. The van der Waals surface area contributed by atoms with Crippen molar-refractivity contribution in [2.24, 2.45) is 0 Å². The van der Waals surface area contributed by atoms with Crippen LogP contribution in [0.15, 0.2) is 24.5 Å². The molecule has 0 atom stereocenters. The van der Waals surface area contributed by atoms with Gasteiger partial charge in [0.15, 0.2) is 0 Å². The first-order valence-electron chi connectivity index (χ1n) is 4.50.